The maximum absolute atomic E-state index is 10.3. The monoisotopic (exact) mass is 171 g/mol. The van der Waals surface area contributed by atoms with Gasteiger partial charge in [0, 0.05) is 0 Å². The fourth-order valence-corrected chi connectivity index (χ4v) is 0.910. The second-order valence-corrected chi connectivity index (χ2v) is 2.81. The van der Waals surface area contributed by atoms with Crippen LogP contribution in [-0.4, -0.2) is 17.6 Å². The molecule has 0 spiro atoms. The van der Waals surface area contributed by atoms with E-state index >= 15 is 0 Å². The van der Waals surface area contributed by atoms with Gasteiger partial charge in [-0.15, -0.1) is 0 Å². The number of allylic oxidation sites excluding steroid dienone is 1. The van der Waals surface area contributed by atoms with Crippen molar-refractivity contribution in [1.29, 1.82) is 0 Å². The Morgan fingerprint density at radius 3 is 2.75 bits per heavy atom. The molecule has 0 aliphatic carbocycles. The van der Waals surface area contributed by atoms with Crippen molar-refractivity contribution in [3.05, 3.63) is 12.2 Å². The van der Waals surface area contributed by atoms with Gasteiger partial charge in [-0.05, 0) is 18.9 Å². The van der Waals surface area contributed by atoms with Crippen LogP contribution in [0.1, 0.15) is 26.2 Å². The maximum Gasteiger partial charge on any atom is 0.303 e. The summed E-state index contributed by atoms with van der Waals surface area (Å²) in [6.45, 7) is 2.49. The first-order valence-electron chi connectivity index (χ1n) is 4.29. The Kier molecular flexibility index (Phi) is 6.38. The van der Waals surface area contributed by atoms with Crippen molar-refractivity contribution in [2.24, 2.45) is 11.7 Å². The van der Waals surface area contributed by atoms with E-state index in [0.717, 1.165) is 12.8 Å². The van der Waals surface area contributed by atoms with E-state index < -0.39 is 5.97 Å². The lowest BCUT2D eigenvalue weighted by molar-refractivity contribution is -0.137. The number of nitrogens with two attached hydrogens (primary N) is 1. The maximum atomic E-state index is 10.3. The highest BCUT2D eigenvalue weighted by atomic mass is 16.4. The normalized spacial score (nSPS) is 13.5. The smallest absolute Gasteiger partial charge is 0.303 e. The van der Waals surface area contributed by atoms with E-state index in [1.807, 2.05) is 12.2 Å². The standard InChI is InChI=1S/C9H17NO2/c1-2-3-4-5-8(7-10)6-9(11)12/h4-5,8H,2-3,6-7,10H2,1H3,(H,11,12)/b5-4-. The molecule has 0 aromatic carbocycles. The number of carbonyl (C=O) groups is 1. The highest BCUT2D eigenvalue weighted by molar-refractivity contribution is 5.67. The van der Waals surface area contributed by atoms with Gasteiger partial charge in [0.05, 0.1) is 6.42 Å². The van der Waals surface area contributed by atoms with Gasteiger partial charge in [-0.25, -0.2) is 0 Å². The third kappa shape index (κ3) is 5.92. The molecular formula is C9H17NO2. The molecule has 3 heteroatoms. The van der Waals surface area contributed by atoms with E-state index in [0.29, 0.717) is 6.54 Å². The van der Waals surface area contributed by atoms with Crippen LogP contribution >= 0.6 is 0 Å². The topological polar surface area (TPSA) is 63.3 Å². The average Bonchev–Trinajstić information content (AvgIpc) is 2.02. The first-order chi connectivity index (χ1) is 5.70. The number of rotatable bonds is 6. The molecule has 0 amide bonds. The number of aliphatic carboxylic acids is 1. The van der Waals surface area contributed by atoms with Crippen LogP contribution in [0, 0.1) is 5.92 Å². The molecular weight excluding hydrogens is 154 g/mol. The fourth-order valence-electron chi connectivity index (χ4n) is 0.910. The Morgan fingerprint density at radius 2 is 2.33 bits per heavy atom. The van der Waals surface area contributed by atoms with Crippen molar-refractivity contribution in [1.82, 2.24) is 0 Å². The molecule has 0 fully saturated rings. The number of carboxylic acids is 1. The Balaban J connectivity index is 3.73. The van der Waals surface area contributed by atoms with Gasteiger partial charge < -0.3 is 10.8 Å². The summed E-state index contributed by atoms with van der Waals surface area (Å²) in [5.41, 5.74) is 5.39. The second-order valence-electron chi connectivity index (χ2n) is 2.81. The largest absolute Gasteiger partial charge is 0.481 e. The van der Waals surface area contributed by atoms with Crippen molar-refractivity contribution in [2.75, 3.05) is 6.54 Å². The molecule has 0 aromatic rings. The minimum absolute atomic E-state index is 0.00551. The lowest BCUT2D eigenvalue weighted by Gasteiger charge is -2.04. The summed E-state index contributed by atoms with van der Waals surface area (Å²) in [5.74, 6) is -0.791. The SMILES string of the molecule is CCC/C=C\C(CN)CC(=O)O. The predicted octanol–water partition coefficient (Wildman–Crippen LogP) is 1.39. The van der Waals surface area contributed by atoms with Gasteiger partial charge in [0.1, 0.15) is 0 Å². The van der Waals surface area contributed by atoms with Crippen LogP contribution in [0.3, 0.4) is 0 Å². The molecule has 0 heterocycles. The summed E-state index contributed by atoms with van der Waals surface area (Å²) in [6, 6.07) is 0. The van der Waals surface area contributed by atoms with Gasteiger partial charge in [-0.3, -0.25) is 4.79 Å². The molecule has 3 nitrogen and oxygen atoms in total. The Bertz CT molecular complexity index is 155. The lowest BCUT2D eigenvalue weighted by Crippen LogP contribution is -2.15. The van der Waals surface area contributed by atoms with Gasteiger partial charge >= 0.3 is 5.97 Å². The van der Waals surface area contributed by atoms with E-state index in [2.05, 4.69) is 6.92 Å². The molecule has 0 aromatic heterocycles. The molecule has 0 aliphatic rings. The Morgan fingerprint density at radius 1 is 1.67 bits per heavy atom. The highest BCUT2D eigenvalue weighted by Crippen LogP contribution is 2.04. The minimum Gasteiger partial charge on any atom is -0.481 e. The molecule has 0 aliphatic heterocycles. The van der Waals surface area contributed by atoms with E-state index in [1.54, 1.807) is 0 Å². The van der Waals surface area contributed by atoms with Crippen LogP contribution in [0.5, 0.6) is 0 Å². The predicted molar refractivity (Wildman–Crippen MR) is 48.8 cm³/mol. The summed E-state index contributed by atoms with van der Waals surface area (Å²) >= 11 is 0. The number of unbranched alkanes of at least 4 members (excludes halogenated alkanes) is 1. The Labute approximate surface area is 73.3 Å². The summed E-state index contributed by atoms with van der Waals surface area (Å²) in [5, 5.41) is 8.48. The van der Waals surface area contributed by atoms with Gasteiger partial charge in [-0.2, -0.15) is 0 Å². The van der Waals surface area contributed by atoms with Crippen molar-refractivity contribution in [2.45, 2.75) is 26.2 Å². The van der Waals surface area contributed by atoms with Crippen LogP contribution < -0.4 is 5.73 Å². The molecule has 3 N–H and O–H groups in total. The van der Waals surface area contributed by atoms with Crippen LogP contribution in [0.4, 0.5) is 0 Å². The molecule has 0 saturated heterocycles. The van der Waals surface area contributed by atoms with Crippen molar-refractivity contribution in [3.63, 3.8) is 0 Å². The van der Waals surface area contributed by atoms with Gasteiger partial charge in [0.15, 0.2) is 0 Å². The van der Waals surface area contributed by atoms with Crippen molar-refractivity contribution >= 4 is 5.97 Å². The molecule has 0 radical (unpaired) electrons. The third-order valence-electron chi connectivity index (χ3n) is 1.60. The fraction of sp³-hybridized carbons (Fsp3) is 0.667. The molecule has 0 saturated carbocycles. The molecule has 70 valence electrons. The van der Waals surface area contributed by atoms with Gasteiger partial charge in [-0.1, -0.05) is 25.5 Å². The Hall–Kier alpha value is -0.830. The molecule has 0 bridgehead atoms. The van der Waals surface area contributed by atoms with E-state index in [1.165, 1.54) is 0 Å². The first-order valence-corrected chi connectivity index (χ1v) is 4.29. The third-order valence-corrected chi connectivity index (χ3v) is 1.60. The van der Waals surface area contributed by atoms with E-state index in [-0.39, 0.29) is 12.3 Å². The van der Waals surface area contributed by atoms with Crippen molar-refractivity contribution < 1.29 is 9.90 Å². The van der Waals surface area contributed by atoms with E-state index in [4.69, 9.17) is 10.8 Å². The number of carboxylic acid groups (broad SMARTS) is 1. The number of hydrogen-bond acceptors (Lipinski definition) is 2. The minimum atomic E-state index is -0.786. The second kappa shape index (κ2) is 6.85. The van der Waals surface area contributed by atoms with Gasteiger partial charge in [0.25, 0.3) is 0 Å². The van der Waals surface area contributed by atoms with Gasteiger partial charge in [0.2, 0.25) is 0 Å². The first kappa shape index (κ1) is 11.2. The zero-order chi connectivity index (χ0) is 9.40. The van der Waals surface area contributed by atoms with Crippen molar-refractivity contribution in [3.8, 4) is 0 Å². The molecule has 1 atom stereocenters. The molecule has 12 heavy (non-hydrogen) atoms. The van der Waals surface area contributed by atoms with Crippen LogP contribution in [0.15, 0.2) is 12.2 Å². The van der Waals surface area contributed by atoms with Crippen LogP contribution in [-0.2, 0) is 4.79 Å². The molecule has 0 rings (SSSR count). The summed E-state index contributed by atoms with van der Waals surface area (Å²) < 4.78 is 0. The number of hydrogen-bond donors (Lipinski definition) is 2. The summed E-state index contributed by atoms with van der Waals surface area (Å²) in [7, 11) is 0. The summed E-state index contributed by atoms with van der Waals surface area (Å²) in [4.78, 5) is 10.3. The quantitative estimate of drug-likeness (QED) is 0.594. The average molecular weight is 171 g/mol. The van der Waals surface area contributed by atoms with E-state index in [9.17, 15) is 4.79 Å². The molecule has 1 unspecified atom stereocenters. The van der Waals surface area contributed by atoms with Crippen LogP contribution in [0.2, 0.25) is 0 Å². The highest BCUT2D eigenvalue weighted by Gasteiger charge is 2.06. The van der Waals surface area contributed by atoms with Crippen LogP contribution in [0.25, 0.3) is 0 Å². The zero-order valence-electron chi connectivity index (χ0n) is 7.49. The lowest BCUT2D eigenvalue weighted by atomic mass is 10.1. The zero-order valence-corrected chi connectivity index (χ0v) is 7.49. The summed E-state index contributed by atoms with van der Waals surface area (Å²) in [6.07, 6.45) is 6.12.